The molecule has 6 nitrogen and oxygen atoms in total. The van der Waals surface area contributed by atoms with Crippen molar-refractivity contribution in [2.45, 2.75) is 32.6 Å². The van der Waals surface area contributed by atoms with E-state index in [1.54, 1.807) is 0 Å². The summed E-state index contributed by atoms with van der Waals surface area (Å²) in [6.07, 6.45) is 3.86. The quantitative estimate of drug-likeness (QED) is 0.532. The second-order valence-corrected chi connectivity index (χ2v) is 5.09. The fourth-order valence-corrected chi connectivity index (χ4v) is 2.56. The molecule has 0 radical (unpaired) electrons. The van der Waals surface area contributed by atoms with Crippen molar-refractivity contribution in [2.75, 3.05) is 32.8 Å². The van der Waals surface area contributed by atoms with Gasteiger partial charge in [0.2, 0.25) is 11.8 Å². The number of rotatable bonds is 8. The summed E-state index contributed by atoms with van der Waals surface area (Å²) in [6.45, 7) is 4.45. The SMILES string of the molecule is CCCC1(C(=O)NCCOCC(N)=O)CCCNC1. The van der Waals surface area contributed by atoms with Gasteiger partial charge in [0.15, 0.2) is 0 Å². The average molecular weight is 271 g/mol. The molecule has 1 heterocycles. The first kappa shape index (κ1) is 15.9. The van der Waals surface area contributed by atoms with Crippen molar-refractivity contribution in [3.8, 4) is 0 Å². The Morgan fingerprint density at radius 1 is 1.47 bits per heavy atom. The smallest absolute Gasteiger partial charge is 0.243 e. The fraction of sp³-hybridized carbons (Fsp3) is 0.846. The van der Waals surface area contributed by atoms with Crippen molar-refractivity contribution >= 4 is 11.8 Å². The first-order valence-electron chi connectivity index (χ1n) is 6.96. The first-order valence-corrected chi connectivity index (χ1v) is 6.96. The van der Waals surface area contributed by atoms with Crippen LogP contribution in [0.1, 0.15) is 32.6 Å². The number of carbonyl (C=O) groups is 2. The van der Waals surface area contributed by atoms with Crippen molar-refractivity contribution in [3.05, 3.63) is 0 Å². The minimum atomic E-state index is -0.495. The van der Waals surface area contributed by atoms with Crippen LogP contribution in [0.25, 0.3) is 0 Å². The lowest BCUT2D eigenvalue weighted by Crippen LogP contribution is -2.51. The third-order valence-electron chi connectivity index (χ3n) is 3.46. The number of piperidine rings is 1. The predicted octanol–water partition coefficient (Wildman–Crippen LogP) is -0.226. The molecule has 1 fully saturated rings. The second kappa shape index (κ2) is 8.12. The Kier molecular flexibility index (Phi) is 6.80. The molecule has 4 N–H and O–H groups in total. The van der Waals surface area contributed by atoms with Crippen LogP contribution in [0.5, 0.6) is 0 Å². The van der Waals surface area contributed by atoms with E-state index >= 15 is 0 Å². The number of nitrogens with two attached hydrogens (primary N) is 1. The monoisotopic (exact) mass is 271 g/mol. The normalized spacial score (nSPS) is 23.0. The van der Waals surface area contributed by atoms with Gasteiger partial charge >= 0.3 is 0 Å². The highest BCUT2D eigenvalue weighted by molar-refractivity contribution is 5.83. The summed E-state index contributed by atoms with van der Waals surface area (Å²) in [4.78, 5) is 22.8. The molecule has 1 rings (SSSR count). The largest absolute Gasteiger partial charge is 0.370 e. The zero-order valence-corrected chi connectivity index (χ0v) is 11.7. The molecule has 19 heavy (non-hydrogen) atoms. The number of nitrogens with one attached hydrogen (secondary N) is 2. The van der Waals surface area contributed by atoms with Gasteiger partial charge in [-0.15, -0.1) is 0 Å². The summed E-state index contributed by atoms with van der Waals surface area (Å²) >= 11 is 0. The number of ether oxygens (including phenoxy) is 1. The molecule has 0 aliphatic carbocycles. The fourth-order valence-electron chi connectivity index (χ4n) is 2.56. The van der Waals surface area contributed by atoms with Gasteiger partial charge in [-0.3, -0.25) is 9.59 Å². The highest BCUT2D eigenvalue weighted by atomic mass is 16.5. The number of amides is 2. The van der Waals surface area contributed by atoms with Gasteiger partial charge in [-0.1, -0.05) is 13.3 Å². The van der Waals surface area contributed by atoms with Gasteiger partial charge in [0.1, 0.15) is 6.61 Å². The van der Waals surface area contributed by atoms with Crippen LogP contribution in [0.2, 0.25) is 0 Å². The zero-order valence-electron chi connectivity index (χ0n) is 11.7. The van der Waals surface area contributed by atoms with Crippen molar-refractivity contribution in [1.29, 1.82) is 0 Å². The molecule has 1 saturated heterocycles. The van der Waals surface area contributed by atoms with E-state index in [0.717, 1.165) is 38.8 Å². The Balaban J connectivity index is 2.33. The molecule has 1 aliphatic rings. The van der Waals surface area contributed by atoms with Crippen molar-refractivity contribution in [1.82, 2.24) is 10.6 Å². The van der Waals surface area contributed by atoms with E-state index in [1.807, 2.05) is 0 Å². The van der Waals surface area contributed by atoms with Gasteiger partial charge in [0, 0.05) is 13.1 Å². The molecule has 0 aromatic heterocycles. The van der Waals surface area contributed by atoms with Gasteiger partial charge in [0.05, 0.1) is 12.0 Å². The van der Waals surface area contributed by atoms with E-state index in [-0.39, 0.29) is 17.9 Å². The summed E-state index contributed by atoms with van der Waals surface area (Å²) in [5, 5.41) is 6.20. The number of hydrogen-bond donors (Lipinski definition) is 3. The topological polar surface area (TPSA) is 93.4 Å². The van der Waals surface area contributed by atoms with E-state index in [2.05, 4.69) is 17.6 Å². The molecule has 2 amide bonds. The number of primary amides is 1. The minimum absolute atomic E-state index is 0.0872. The molecule has 6 heteroatoms. The van der Waals surface area contributed by atoms with Crippen LogP contribution >= 0.6 is 0 Å². The summed E-state index contributed by atoms with van der Waals surface area (Å²) in [6, 6.07) is 0. The van der Waals surface area contributed by atoms with E-state index < -0.39 is 5.91 Å². The van der Waals surface area contributed by atoms with E-state index in [4.69, 9.17) is 10.5 Å². The molecular weight excluding hydrogens is 246 g/mol. The third kappa shape index (κ3) is 5.16. The van der Waals surface area contributed by atoms with E-state index in [9.17, 15) is 9.59 Å². The van der Waals surface area contributed by atoms with Crippen LogP contribution in [0.4, 0.5) is 0 Å². The second-order valence-electron chi connectivity index (χ2n) is 5.09. The summed E-state index contributed by atoms with van der Waals surface area (Å²) < 4.78 is 5.02. The molecule has 0 spiro atoms. The predicted molar refractivity (Wildman–Crippen MR) is 72.5 cm³/mol. The zero-order chi connectivity index (χ0) is 14.1. The summed E-state index contributed by atoms with van der Waals surface area (Å²) in [7, 11) is 0. The van der Waals surface area contributed by atoms with Crippen LogP contribution < -0.4 is 16.4 Å². The lowest BCUT2D eigenvalue weighted by Gasteiger charge is -2.36. The Morgan fingerprint density at radius 2 is 2.26 bits per heavy atom. The maximum absolute atomic E-state index is 12.3. The van der Waals surface area contributed by atoms with Crippen molar-refractivity contribution < 1.29 is 14.3 Å². The first-order chi connectivity index (χ1) is 9.10. The number of hydrogen-bond acceptors (Lipinski definition) is 4. The maximum atomic E-state index is 12.3. The molecular formula is C13H25N3O3. The molecule has 1 aliphatic heterocycles. The van der Waals surface area contributed by atoms with Gasteiger partial charge in [-0.2, -0.15) is 0 Å². The standard InChI is InChI=1S/C13H25N3O3/c1-2-4-13(5-3-6-15-10-13)12(18)16-7-8-19-9-11(14)17/h15H,2-10H2,1H3,(H2,14,17)(H,16,18). The Bertz CT molecular complexity index is 296. The van der Waals surface area contributed by atoms with Gasteiger partial charge in [0.25, 0.3) is 0 Å². The Hall–Kier alpha value is -1.14. The molecule has 0 aromatic carbocycles. The van der Waals surface area contributed by atoms with E-state index in [0.29, 0.717) is 13.2 Å². The lowest BCUT2D eigenvalue weighted by atomic mass is 9.76. The Morgan fingerprint density at radius 3 is 2.84 bits per heavy atom. The van der Waals surface area contributed by atoms with Crippen molar-refractivity contribution in [3.63, 3.8) is 0 Å². The third-order valence-corrected chi connectivity index (χ3v) is 3.46. The summed E-state index contributed by atoms with van der Waals surface area (Å²) in [5.74, 6) is -0.408. The summed E-state index contributed by atoms with van der Waals surface area (Å²) in [5.41, 5.74) is 4.67. The Labute approximate surface area is 114 Å². The molecule has 0 aromatic rings. The van der Waals surface area contributed by atoms with Gasteiger partial charge in [-0.25, -0.2) is 0 Å². The van der Waals surface area contributed by atoms with Crippen LogP contribution in [-0.4, -0.2) is 44.7 Å². The molecule has 1 unspecified atom stereocenters. The number of carbonyl (C=O) groups excluding carboxylic acids is 2. The van der Waals surface area contributed by atoms with Crippen molar-refractivity contribution in [2.24, 2.45) is 11.1 Å². The molecule has 0 bridgehead atoms. The van der Waals surface area contributed by atoms with Crippen LogP contribution in [-0.2, 0) is 14.3 Å². The minimum Gasteiger partial charge on any atom is -0.370 e. The highest BCUT2D eigenvalue weighted by Crippen LogP contribution is 2.31. The molecule has 0 saturated carbocycles. The van der Waals surface area contributed by atoms with Crippen LogP contribution in [0.3, 0.4) is 0 Å². The van der Waals surface area contributed by atoms with Crippen LogP contribution in [0, 0.1) is 5.41 Å². The van der Waals surface area contributed by atoms with Crippen LogP contribution in [0.15, 0.2) is 0 Å². The lowest BCUT2D eigenvalue weighted by molar-refractivity contribution is -0.132. The molecule has 110 valence electrons. The highest BCUT2D eigenvalue weighted by Gasteiger charge is 2.38. The maximum Gasteiger partial charge on any atom is 0.243 e. The van der Waals surface area contributed by atoms with Gasteiger partial charge in [-0.05, 0) is 25.8 Å². The van der Waals surface area contributed by atoms with Gasteiger partial charge < -0.3 is 21.1 Å². The average Bonchev–Trinajstić information content (AvgIpc) is 2.39. The molecule has 1 atom stereocenters. The van der Waals surface area contributed by atoms with E-state index in [1.165, 1.54) is 0 Å².